The van der Waals surface area contributed by atoms with E-state index in [-0.39, 0.29) is 16.7 Å². The summed E-state index contributed by atoms with van der Waals surface area (Å²) < 4.78 is 33.5. The van der Waals surface area contributed by atoms with Gasteiger partial charge in [0, 0.05) is 18.2 Å². The van der Waals surface area contributed by atoms with Crippen molar-refractivity contribution >= 4 is 43.4 Å². The summed E-state index contributed by atoms with van der Waals surface area (Å²) in [5.41, 5.74) is 4.98. The Labute approximate surface area is 234 Å². The first-order valence-corrected chi connectivity index (χ1v) is 15.2. The lowest BCUT2D eigenvalue weighted by Crippen LogP contribution is -2.18. The van der Waals surface area contributed by atoms with Crippen LogP contribution in [0.1, 0.15) is 61.1 Å². The average molecular weight is 557 g/mol. The molecular weight excluding hydrogens is 524 g/mol. The van der Waals surface area contributed by atoms with E-state index < -0.39 is 15.8 Å². The monoisotopic (exact) mass is 556 g/mol. The van der Waals surface area contributed by atoms with E-state index in [9.17, 15) is 18.3 Å². The lowest BCUT2D eigenvalue weighted by molar-refractivity contribution is -0.130. The zero-order valence-electron chi connectivity index (χ0n) is 22.6. The average Bonchev–Trinajstić information content (AvgIpc) is 3.39. The second-order valence-electron chi connectivity index (χ2n) is 9.99. The Morgan fingerprint density at radius 1 is 1.05 bits per heavy atom. The van der Waals surface area contributed by atoms with E-state index in [1.165, 1.54) is 6.26 Å². The van der Waals surface area contributed by atoms with Gasteiger partial charge in [-0.05, 0) is 77.3 Å². The second kappa shape index (κ2) is 11.2. The molecule has 1 atom stereocenters. The molecule has 0 bridgehead atoms. The summed E-state index contributed by atoms with van der Waals surface area (Å²) in [5, 5.41) is 15.4. The van der Waals surface area contributed by atoms with Gasteiger partial charge in [0.1, 0.15) is 0 Å². The summed E-state index contributed by atoms with van der Waals surface area (Å²) in [6.45, 7) is 6.52. The highest BCUT2D eigenvalue weighted by Crippen LogP contribution is 2.40. The van der Waals surface area contributed by atoms with Crippen molar-refractivity contribution in [1.82, 2.24) is 9.78 Å². The molecule has 7 nitrogen and oxygen atoms in total. The molecule has 0 aliphatic carbocycles. The van der Waals surface area contributed by atoms with E-state index in [0.717, 1.165) is 46.9 Å². The van der Waals surface area contributed by atoms with Crippen LogP contribution >= 0.6 is 0 Å². The van der Waals surface area contributed by atoms with Crippen molar-refractivity contribution in [3.8, 4) is 0 Å². The van der Waals surface area contributed by atoms with E-state index in [4.69, 9.17) is 4.74 Å². The SMILES string of the molecule is C=C(C(=O)O)c1ccccc1/C(=C(\CC)c1ccccc1S(C)(=O)=O)c1ccc2c(cnn2C2CCCCO2)c1. The Morgan fingerprint density at radius 3 is 2.40 bits per heavy atom. The fraction of sp³-hybridized carbons (Fsp3) is 0.250. The van der Waals surface area contributed by atoms with Crippen molar-refractivity contribution in [3.05, 3.63) is 102 Å². The zero-order valence-corrected chi connectivity index (χ0v) is 23.4. The minimum Gasteiger partial charge on any atom is -0.478 e. The smallest absolute Gasteiger partial charge is 0.335 e. The Morgan fingerprint density at radius 2 is 1.75 bits per heavy atom. The molecule has 0 radical (unpaired) electrons. The molecule has 2 heterocycles. The molecule has 5 rings (SSSR count). The molecule has 1 aliphatic rings. The second-order valence-corrected chi connectivity index (χ2v) is 12.0. The molecule has 0 saturated carbocycles. The first-order valence-electron chi connectivity index (χ1n) is 13.3. The number of rotatable bonds is 8. The molecule has 1 unspecified atom stereocenters. The topological polar surface area (TPSA) is 98.5 Å². The van der Waals surface area contributed by atoms with Gasteiger partial charge in [0.2, 0.25) is 0 Å². The Balaban J connectivity index is 1.80. The van der Waals surface area contributed by atoms with Crippen LogP contribution in [-0.2, 0) is 19.4 Å². The first-order chi connectivity index (χ1) is 19.2. The number of fused-ring (bicyclic) bond motifs is 1. The van der Waals surface area contributed by atoms with Crippen molar-refractivity contribution in [2.45, 2.75) is 43.7 Å². The summed E-state index contributed by atoms with van der Waals surface area (Å²) in [7, 11) is -3.54. The van der Waals surface area contributed by atoms with Crippen LogP contribution in [0, 0.1) is 0 Å². The van der Waals surface area contributed by atoms with Crippen LogP contribution in [0.25, 0.3) is 27.6 Å². The number of hydrogen-bond donors (Lipinski definition) is 1. The van der Waals surface area contributed by atoms with Crippen molar-refractivity contribution < 1.29 is 23.1 Å². The van der Waals surface area contributed by atoms with Crippen LogP contribution in [0.15, 0.2) is 84.4 Å². The molecule has 3 aromatic carbocycles. The van der Waals surface area contributed by atoms with E-state index in [1.54, 1.807) is 30.3 Å². The van der Waals surface area contributed by atoms with Gasteiger partial charge in [-0.1, -0.05) is 62.0 Å². The maximum absolute atomic E-state index is 12.8. The highest BCUT2D eigenvalue weighted by molar-refractivity contribution is 7.90. The third-order valence-electron chi connectivity index (χ3n) is 7.36. The van der Waals surface area contributed by atoms with Gasteiger partial charge >= 0.3 is 5.97 Å². The normalized spacial score (nSPS) is 16.5. The zero-order chi connectivity index (χ0) is 28.4. The summed E-state index contributed by atoms with van der Waals surface area (Å²) in [6, 6.07) is 20.2. The quantitative estimate of drug-likeness (QED) is 0.194. The van der Waals surface area contributed by atoms with Gasteiger partial charge in [-0.25, -0.2) is 17.9 Å². The van der Waals surface area contributed by atoms with Crippen LogP contribution in [0.5, 0.6) is 0 Å². The number of nitrogens with zero attached hydrogens (tertiary/aromatic N) is 2. The van der Waals surface area contributed by atoms with Crippen LogP contribution in [0.4, 0.5) is 0 Å². The molecule has 4 aromatic rings. The molecule has 0 spiro atoms. The predicted octanol–water partition coefficient (Wildman–Crippen LogP) is 6.61. The van der Waals surface area contributed by atoms with E-state index in [0.29, 0.717) is 29.7 Å². The van der Waals surface area contributed by atoms with Gasteiger partial charge < -0.3 is 9.84 Å². The number of sulfone groups is 1. The van der Waals surface area contributed by atoms with Crippen molar-refractivity contribution in [1.29, 1.82) is 0 Å². The van der Waals surface area contributed by atoms with Gasteiger partial charge in [-0.3, -0.25) is 0 Å². The lowest BCUT2D eigenvalue weighted by atomic mass is 9.84. The van der Waals surface area contributed by atoms with E-state index in [2.05, 4.69) is 11.7 Å². The molecule has 1 aromatic heterocycles. The molecule has 1 fully saturated rings. The minimum absolute atomic E-state index is 0.0386. The molecule has 8 heteroatoms. The fourth-order valence-corrected chi connectivity index (χ4v) is 6.38. The highest BCUT2D eigenvalue weighted by atomic mass is 32.2. The standard InChI is InChI=1S/C32H32N2O5S/c1-4-24(26-12-7-8-14-29(26)40(3,37)38)31(27-13-6-5-11-25(27)21(2)32(35)36)22-16-17-28-23(19-22)20-33-34(28)30-15-9-10-18-39-30/h5-8,11-14,16-17,19-20,30H,2,4,9-10,15,18H2,1,3H3,(H,35,36)/b31-24+. The molecule has 40 heavy (non-hydrogen) atoms. The maximum Gasteiger partial charge on any atom is 0.335 e. The predicted molar refractivity (Wildman–Crippen MR) is 157 cm³/mol. The molecule has 0 amide bonds. The minimum atomic E-state index is -3.54. The number of benzene rings is 3. The van der Waals surface area contributed by atoms with Crippen LogP contribution in [-0.4, -0.2) is 42.1 Å². The number of allylic oxidation sites excluding steroid dienone is 1. The molecule has 1 N–H and O–H groups in total. The van der Waals surface area contributed by atoms with Crippen molar-refractivity contribution in [3.63, 3.8) is 0 Å². The number of aliphatic carboxylic acids is 1. The lowest BCUT2D eigenvalue weighted by Gasteiger charge is -2.23. The highest BCUT2D eigenvalue weighted by Gasteiger charge is 2.24. The number of carboxylic acid groups (broad SMARTS) is 1. The van der Waals surface area contributed by atoms with Gasteiger partial charge in [-0.15, -0.1) is 0 Å². The van der Waals surface area contributed by atoms with Crippen molar-refractivity contribution in [2.24, 2.45) is 0 Å². The Kier molecular flexibility index (Phi) is 7.74. The van der Waals surface area contributed by atoms with Gasteiger partial charge in [-0.2, -0.15) is 5.10 Å². The van der Waals surface area contributed by atoms with Crippen LogP contribution in [0.3, 0.4) is 0 Å². The molecule has 1 saturated heterocycles. The van der Waals surface area contributed by atoms with Crippen LogP contribution in [0.2, 0.25) is 0 Å². The molecule has 206 valence electrons. The molecule has 1 aliphatic heterocycles. The third-order valence-corrected chi connectivity index (χ3v) is 8.51. The van der Waals surface area contributed by atoms with Crippen molar-refractivity contribution in [2.75, 3.05) is 12.9 Å². The number of carbonyl (C=O) groups is 1. The number of carboxylic acids is 1. The van der Waals surface area contributed by atoms with Gasteiger partial charge in [0.15, 0.2) is 16.1 Å². The summed E-state index contributed by atoms with van der Waals surface area (Å²) >= 11 is 0. The summed E-state index contributed by atoms with van der Waals surface area (Å²) in [6.07, 6.45) is 6.43. The summed E-state index contributed by atoms with van der Waals surface area (Å²) in [4.78, 5) is 12.2. The fourth-order valence-electron chi connectivity index (χ4n) is 5.47. The first kappa shape index (κ1) is 27.6. The van der Waals surface area contributed by atoms with Crippen LogP contribution < -0.4 is 0 Å². The summed E-state index contributed by atoms with van der Waals surface area (Å²) in [5.74, 6) is -1.12. The number of ether oxygens (including phenoxy) is 1. The Hall–Kier alpha value is -4.01. The van der Waals surface area contributed by atoms with Gasteiger partial charge in [0.25, 0.3) is 0 Å². The Bertz CT molecular complexity index is 1740. The van der Waals surface area contributed by atoms with Gasteiger partial charge in [0.05, 0.1) is 22.2 Å². The van der Waals surface area contributed by atoms with E-state index >= 15 is 0 Å². The number of aromatic nitrogens is 2. The number of hydrogen-bond acceptors (Lipinski definition) is 5. The largest absolute Gasteiger partial charge is 0.478 e. The maximum atomic E-state index is 12.8. The third kappa shape index (κ3) is 5.24. The van der Waals surface area contributed by atoms with E-state index in [1.807, 2.05) is 54.2 Å². The molecular formula is C32H32N2O5S.